The van der Waals surface area contributed by atoms with Crippen LogP contribution < -0.4 is 0 Å². The van der Waals surface area contributed by atoms with Gasteiger partial charge in [0, 0.05) is 12.6 Å². The van der Waals surface area contributed by atoms with Crippen molar-refractivity contribution in [2.45, 2.75) is 43.3 Å². The monoisotopic (exact) mass is 409 g/mol. The molecular weight excluding hydrogens is 386 g/mol. The van der Waals surface area contributed by atoms with Gasteiger partial charge in [0.25, 0.3) is 0 Å². The van der Waals surface area contributed by atoms with E-state index in [4.69, 9.17) is 0 Å². The van der Waals surface area contributed by atoms with Gasteiger partial charge in [0.15, 0.2) is 9.84 Å². The number of nitrogens with zero attached hydrogens (tertiary/aromatic N) is 5. The summed E-state index contributed by atoms with van der Waals surface area (Å²) in [6.45, 7) is 4.69. The molecule has 0 N–H and O–H groups in total. The van der Waals surface area contributed by atoms with E-state index in [-0.39, 0.29) is 23.5 Å². The zero-order valence-corrected chi connectivity index (χ0v) is 17.0. The highest BCUT2D eigenvalue weighted by molar-refractivity contribution is 8.00. The molecule has 8 nitrogen and oxygen atoms in total. The molecule has 3 rings (SSSR count). The number of thioether (sulfide) groups is 1. The van der Waals surface area contributed by atoms with Crippen LogP contribution in [0.25, 0.3) is 0 Å². The zero-order chi connectivity index (χ0) is 19.4. The van der Waals surface area contributed by atoms with E-state index in [0.717, 1.165) is 5.56 Å². The second-order valence-electron chi connectivity index (χ2n) is 6.55. The molecule has 1 aromatic heterocycles. The van der Waals surface area contributed by atoms with Crippen LogP contribution in [0.1, 0.15) is 25.8 Å². The Bertz CT molecular complexity index is 885. The van der Waals surface area contributed by atoms with Crippen LogP contribution in [-0.4, -0.2) is 68.8 Å². The van der Waals surface area contributed by atoms with E-state index in [9.17, 15) is 13.2 Å². The molecule has 10 heteroatoms. The van der Waals surface area contributed by atoms with E-state index in [2.05, 4.69) is 15.5 Å². The van der Waals surface area contributed by atoms with Crippen LogP contribution in [0, 0.1) is 0 Å². The van der Waals surface area contributed by atoms with Crippen molar-refractivity contribution < 1.29 is 13.2 Å². The summed E-state index contributed by atoms with van der Waals surface area (Å²) in [5.74, 6) is 0.118. The molecule has 2 atom stereocenters. The fourth-order valence-corrected chi connectivity index (χ4v) is 5.78. The van der Waals surface area contributed by atoms with Crippen LogP contribution in [0.3, 0.4) is 0 Å². The third-order valence-corrected chi connectivity index (χ3v) is 7.39. The third kappa shape index (κ3) is 4.86. The van der Waals surface area contributed by atoms with Crippen LogP contribution in [0.2, 0.25) is 0 Å². The molecule has 0 spiro atoms. The van der Waals surface area contributed by atoms with Crippen molar-refractivity contribution in [2.75, 3.05) is 18.1 Å². The summed E-state index contributed by atoms with van der Waals surface area (Å²) in [6.07, 6.45) is 0.505. The number of carbonyl (C=O) groups is 1. The van der Waals surface area contributed by atoms with E-state index in [1.807, 2.05) is 37.3 Å². The highest BCUT2D eigenvalue weighted by atomic mass is 32.2. The molecule has 1 aliphatic rings. The van der Waals surface area contributed by atoms with Gasteiger partial charge >= 0.3 is 0 Å². The summed E-state index contributed by atoms with van der Waals surface area (Å²) in [5, 5.41) is 11.9. The summed E-state index contributed by atoms with van der Waals surface area (Å²) in [6, 6.07) is 9.59. The molecule has 2 heterocycles. The van der Waals surface area contributed by atoms with E-state index in [0.29, 0.717) is 24.7 Å². The number of rotatable bonds is 7. The molecular formula is C17H23N5O3S2. The molecule has 0 radical (unpaired) electrons. The summed E-state index contributed by atoms with van der Waals surface area (Å²) < 4.78 is 25.2. The second kappa shape index (κ2) is 8.39. The SMILES string of the molecule is CCN(C(=O)[C@H](C)Sc1nnnn1Cc1ccccc1)[C@H]1CCS(=O)(=O)C1. The van der Waals surface area contributed by atoms with E-state index < -0.39 is 15.1 Å². The van der Waals surface area contributed by atoms with Gasteiger partial charge < -0.3 is 4.90 Å². The molecule has 2 aromatic rings. The Labute approximate surface area is 163 Å². The first kappa shape index (κ1) is 19.8. The lowest BCUT2D eigenvalue weighted by molar-refractivity contribution is -0.131. The molecule has 0 unspecified atom stereocenters. The van der Waals surface area contributed by atoms with E-state index >= 15 is 0 Å². The van der Waals surface area contributed by atoms with Gasteiger partial charge in [-0.1, -0.05) is 42.1 Å². The third-order valence-electron chi connectivity index (χ3n) is 4.58. The molecule has 1 aliphatic heterocycles. The van der Waals surface area contributed by atoms with Crippen LogP contribution in [0.5, 0.6) is 0 Å². The smallest absolute Gasteiger partial charge is 0.236 e. The Hall–Kier alpha value is -1.94. The van der Waals surface area contributed by atoms with Crippen molar-refractivity contribution in [1.82, 2.24) is 25.1 Å². The molecule has 1 fully saturated rings. The zero-order valence-electron chi connectivity index (χ0n) is 15.4. The average molecular weight is 410 g/mol. The average Bonchev–Trinajstić information content (AvgIpc) is 3.22. The van der Waals surface area contributed by atoms with Gasteiger partial charge in [0.05, 0.1) is 23.3 Å². The summed E-state index contributed by atoms with van der Waals surface area (Å²) >= 11 is 1.29. The minimum atomic E-state index is -3.04. The number of aromatic nitrogens is 4. The van der Waals surface area contributed by atoms with Crippen molar-refractivity contribution in [3.05, 3.63) is 35.9 Å². The Morgan fingerprint density at radius 2 is 2.11 bits per heavy atom. The first-order chi connectivity index (χ1) is 12.9. The number of hydrogen-bond acceptors (Lipinski definition) is 7. The second-order valence-corrected chi connectivity index (χ2v) is 10.1. The summed E-state index contributed by atoms with van der Waals surface area (Å²) in [5.41, 5.74) is 1.07. The highest BCUT2D eigenvalue weighted by Gasteiger charge is 2.35. The molecule has 1 saturated heterocycles. The van der Waals surface area contributed by atoms with Crippen LogP contribution in [0.4, 0.5) is 0 Å². The quantitative estimate of drug-likeness (QED) is 0.635. The Balaban J connectivity index is 1.67. The first-order valence-corrected chi connectivity index (χ1v) is 11.6. The largest absolute Gasteiger partial charge is 0.338 e. The molecule has 0 saturated carbocycles. The van der Waals surface area contributed by atoms with Gasteiger partial charge in [0.2, 0.25) is 11.1 Å². The number of sulfone groups is 1. The highest BCUT2D eigenvalue weighted by Crippen LogP contribution is 2.25. The summed E-state index contributed by atoms with van der Waals surface area (Å²) in [7, 11) is -3.04. The van der Waals surface area contributed by atoms with Gasteiger partial charge in [-0.25, -0.2) is 13.1 Å². The topological polar surface area (TPSA) is 98.1 Å². The molecule has 1 amide bonds. The molecule has 27 heavy (non-hydrogen) atoms. The number of tetrazole rings is 1. The maximum atomic E-state index is 12.9. The predicted molar refractivity (Wildman–Crippen MR) is 103 cm³/mol. The fraction of sp³-hybridized carbons (Fsp3) is 0.529. The standard InChI is InChI=1S/C17H23N5O3S2/c1-3-21(15-9-10-27(24,25)12-15)16(23)13(2)26-17-18-19-20-22(17)11-14-7-5-4-6-8-14/h4-8,13,15H,3,9-12H2,1-2H3/t13-,15-/m0/s1. The molecule has 1 aromatic carbocycles. The number of amides is 1. The van der Waals surface area contributed by atoms with Gasteiger partial charge in [-0.15, -0.1) is 5.10 Å². The van der Waals surface area contributed by atoms with Crippen molar-refractivity contribution in [2.24, 2.45) is 0 Å². The normalized spacial score (nSPS) is 19.7. The van der Waals surface area contributed by atoms with Crippen LogP contribution in [0.15, 0.2) is 35.5 Å². The Morgan fingerprint density at radius 3 is 2.74 bits per heavy atom. The van der Waals surface area contributed by atoms with Crippen molar-refractivity contribution in [3.63, 3.8) is 0 Å². The lowest BCUT2D eigenvalue weighted by Crippen LogP contribution is -2.44. The van der Waals surface area contributed by atoms with Crippen LogP contribution in [-0.2, 0) is 21.2 Å². The van der Waals surface area contributed by atoms with Crippen molar-refractivity contribution in [1.29, 1.82) is 0 Å². The minimum absolute atomic E-state index is 0.0513. The number of carbonyl (C=O) groups excluding carboxylic acids is 1. The number of benzene rings is 1. The lowest BCUT2D eigenvalue weighted by Gasteiger charge is -2.29. The van der Waals surface area contributed by atoms with E-state index in [1.165, 1.54) is 11.8 Å². The molecule has 0 aliphatic carbocycles. The van der Waals surface area contributed by atoms with Gasteiger partial charge in [-0.2, -0.15) is 0 Å². The Kier molecular flexibility index (Phi) is 6.15. The number of hydrogen-bond donors (Lipinski definition) is 0. The van der Waals surface area contributed by atoms with Crippen molar-refractivity contribution >= 4 is 27.5 Å². The Morgan fingerprint density at radius 1 is 1.37 bits per heavy atom. The first-order valence-electron chi connectivity index (χ1n) is 8.87. The van der Waals surface area contributed by atoms with Gasteiger partial charge in [-0.3, -0.25) is 4.79 Å². The van der Waals surface area contributed by atoms with E-state index in [1.54, 1.807) is 16.5 Å². The maximum absolute atomic E-state index is 12.9. The lowest BCUT2D eigenvalue weighted by atomic mass is 10.2. The molecule has 0 bridgehead atoms. The van der Waals surface area contributed by atoms with Crippen LogP contribution >= 0.6 is 11.8 Å². The van der Waals surface area contributed by atoms with Gasteiger partial charge in [0.1, 0.15) is 0 Å². The van der Waals surface area contributed by atoms with Gasteiger partial charge in [-0.05, 0) is 36.3 Å². The minimum Gasteiger partial charge on any atom is -0.338 e. The van der Waals surface area contributed by atoms with Crippen molar-refractivity contribution in [3.8, 4) is 0 Å². The summed E-state index contributed by atoms with van der Waals surface area (Å²) in [4.78, 5) is 14.6. The fourth-order valence-electron chi connectivity index (χ4n) is 3.19. The predicted octanol–water partition coefficient (Wildman–Crippen LogP) is 1.24. The molecule has 146 valence electrons. The maximum Gasteiger partial charge on any atom is 0.236 e.